The molecule has 2 fully saturated rings. The van der Waals surface area contributed by atoms with Crippen LogP contribution in [0.1, 0.15) is 53.4 Å². The molecule has 1 aliphatic heterocycles. The summed E-state index contributed by atoms with van der Waals surface area (Å²) < 4.78 is 13.4. The molecule has 1 saturated carbocycles. The normalized spacial score (nSPS) is 22.8. The van der Waals surface area contributed by atoms with Gasteiger partial charge in [-0.2, -0.15) is 0 Å². The summed E-state index contributed by atoms with van der Waals surface area (Å²) in [6.45, 7) is 5.59. The van der Waals surface area contributed by atoms with Crippen molar-refractivity contribution in [1.29, 1.82) is 0 Å². The van der Waals surface area contributed by atoms with Crippen LogP contribution in [0.5, 0.6) is 0 Å². The predicted molar refractivity (Wildman–Crippen MR) is 88.3 cm³/mol. The molecule has 1 atom stereocenters. The Bertz CT molecular complexity index is 559. The Morgan fingerprint density at radius 1 is 1.41 bits per heavy atom. The summed E-state index contributed by atoms with van der Waals surface area (Å²) in [5.41, 5.74) is 0.780. The fourth-order valence-corrected chi connectivity index (χ4v) is 3.38. The van der Waals surface area contributed by atoms with Crippen molar-refractivity contribution in [2.24, 2.45) is 0 Å². The number of aromatic nitrogens is 1. The van der Waals surface area contributed by atoms with Gasteiger partial charge in [0.2, 0.25) is 0 Å². The van der Waals surface area contributed by atoms with Crippen molar-refractivity contribution < 1.29 is 10.9 Å². The zero-order chi connectivity index (χ0) is 15.6. The van der Waals surface area contributed by atoms with Crippen molar-refractivity contribution in [2.75, 3.05) is 18.5 Å². The van der Waals surface area contributed by atoms with Crippen LogP contribution in [0.25, 0.3) is 0 Å². The van der Waals surface area contributed by atoms with E-state index in [-0.39, 0.29) is 18.8 Å². The number of rotatable bonds is 4. The zero-order valence-electron chi connectivity index (χ0n) is 13.5. The largest absolute Gasteiger partial charge is 0.378 e. The van der Waals surface area contributed by atoms with Crippen LogP contribution in [0.15, 0.2) is 23.1 Å². The number of ether oxygens (including phenoxy) is 2. The molecule has 3 rings (SSSR count). The van der Waals surface area contributed by atoms with Gasteiger partial charge in [0.05, 0.1) is 13.2 Å². The van der Waals surface area contributed by atoms with E-state index < -0.39 is 0 Å². The van der Waals surface area contributed by atoms with Crippen molar-refractivity contribution in [3.05, 3.63) is 28.7 Å². The molecule has 1 N–H and O–H groups in total. The van der Waals surface area contributed by atoms with E-state index >= 15 is 0 Å². The maximum Gasteiger partial charge on any atom is 0.274 e. The number of pyridine rings is 1. The molecule has 1 aromatic rings. The Labute approximate surface area is 133 Å². The van der Waals surface area contributed by atoms with Gasteiger partial charge in [0, 0.05) is 32.5 Å². The van der Waals surface area contributed by atoms with E-state index in [1.54, 1.807) is 0 Å². The molecule has 1 aliphatic carbocycles. The van der Waals surface area contributed by atoms with Gasteiger partial charge in [-0.3, -0.25) is 4.79 Å². The number of nitrogens with zero attached hydrogens (tertiary/aromatic N) is 1. The smallest absolute Gasteiger partial charge is 0.274 e. The van der Waals surface area contributed by atoms with Gasteiger partial charge < -0.3 is 19.4 Å². The number of hydrogen-bond acceptors (Lipinski definition) is 4. The Balaban J connectivity index is 0.00000192. The Kier molecular flexibility index (Phi) is 4.54. The molecule has 1 saturated heterocycles. The highest BCUT2D eigenvalue weighted by molar-refractivity contribution is 5.41. The average Bonchev–Trinajstić information content (AvgIpc) is 2.98. The van der Waals surface area contributed by atoms with Crippen LogP contribution in [-0.2, 0) is 9.47 Å². The molecule has 5 heteroatoms. The third kappa shape index (κ3) is 3.06. The van der Waals surface area contributed by atoms with E-state index in [4.69, 9.17) is 9.47 Å². The van der Waals surface area contributed by atoms with Gasteiger partial charge in [-0.05, 0) is 38.3 Å². The first-order valence-electron chi connectivity index (χ1n) is 8.39. The van der Waals surface area contributed by atoms with Crippen LogP contribution >= 0.6 is 0 Å². The first kappa shape index (κ1) is 15.6. The predicted octanol–water partition coefficient (Wildman–Crippen LogP) is 3.16. The minimum absolute atomic E-state index is 0. The van der Waals surface area contributed by atoms with E-state index in [0.29, 0.717) is 24.9 Å². The van der Waals surface area contributed by atoms with Gasteiger partial charge in [0.15, 0.2) is 5.79 Å². The summed E-state index contributed by atoms with van der Waals surface area (Å²) in [6, 6.07) is 4.38. The van der Waals surface area contributed by atoms with E-state index in [9.17, 15) is 4.79 Å². The lowest BCUT2D eigenvalue weighted by Gasteiger charge is -2.36. The van der Waals surface area contributed by atoms with Crippen LogP contribution in [0.3, 0.4) is 0 Å². The lowest BCUT2D eigenvalue weighted by Crippen LogP contribution is -2.38. The van der Waals surface area contributed by atoms with E-state index in [2.05, 4.69) is 19.2 Å². The molecule has 0 bridgehead atoms. The maximum absolute atomic E-state index is 12.7. The van der Waals surface area contributed by atoms with Crippen molar-refractivity contribution in [2.45, 2.75) is 63.8 Å². The molecule has 1 spiro atoms. The summed E-state index contributed by atoms with van der Waals surface area (Å²) in [7, 11) is 0. The van der Waals surface area contributed by atoms with Crippen LogP contribution in [0.2, 0.25) is 0 Å². The zero-order valence-corrected chi connectivity index (χ0v) is 13.5. The minimum Gasteiger partial charge on any atom is -0.378 e. The standard InChI is InChI=1S/C17H26N2O3.H2/c1-3-13(2)18-15-5-4-10-19(16(15)20)14-6-8-17(9-7-14)21-11-12-22-17;/h4-5,10,13-14,18H,3,6-9,11-12H2,1-2H3;1H. The highest BCUT2D eigenvalue weighted by Crippen LogP contribution is 2.39. The Morgan fingerprint density at radius 2 is 2.09 bits per heavy atom. The molecule has 0 amide bonds. The van der Waals surface area contributed by atoms with Crippen LogP contribution in [-0.4, -0.2) is 29.6 Å². The second kappa shape index (κ2) is 6.42. The number of anilines is 1. The quantitative estimate of drug-likeness (QED) is 0.928. The van der Waals surface area contributed by atoms with Gasteiger partial charge in [0.25, 0.3) is 5.56 Å². The molecule has 124 valence electrons. The second-order valence-electron chi connectivity index (χ2n) is 6.43. The van der Waals surface area contributed by atoms with Crippen molar-refractivity contribution in [1.82, 2.24) is 4.57 Å². The van der Waals surface area contributed by atoms with Gasteiger partial charge in [-0.1, -0.05) is 6.92 Å². The highest BCUT2D eigenvalue weighted by Gasteiger charge is 2.40. The third-order valence-electron chi connectivity index (χ3n) is 4.91. The molecule has 1 unspecified atom stereocenters. The Morgan fingerprint density at radius 3 is 2.73 bits per heavy atom. The summed E-state index contributed by atoms with van der Waals surface area (Å²) >= 11 is 0. The monoisotopic (exact) mass is 308 g/mol. The van der Waals surface area contributed by atoms with E-state index in [0.717, 1.165) is 32.1 Å². The van der Waals surface area contributed by atoms with Crippen LogP contribution < -0.4 is 10.9 Å². The summed E-state index contributed by atoms with van der Waals surface area (Å²) in [6.07, 6.45) is 6.48. The molecule has 0 aromatic carbocycles. The topological polar surface area (TPSA) is 52.5 Å². The molecule has 2 aliphatic rings. The molecule has 2 heterocycles. The first-order chi connectivity index (χ1) is 10.6. The summed E-state index contributed by atoms with van der Waals surface area (Å²) in [4.78, 5) is 12.7. The fraction of sp³-hybridized carbons (Fsp3) is 0.706. The molecule has 5 nitrogen and oxygen atoms in total. The number of hydrogen-bond donors (Lipinski definition) is 1. The van der Waals surface area contributed by atoms with Crippen molar-refractivity contribution >= 4 is 5.69 Å². The lowest BCUT2D eigenvalue weighted by atomic mass is 9.90. The molecule has 1 aromatic heterocycles. The number of nitrogens with one attached hydrogen (secondary N) is 1. The van der Waals surface area contributed by atoms with Crippen LogP contribution in [0, 0.1) is 0 Å². The fourth-order valence-electron chi connectivity index (χ4n) is 3.38. The van der Waals surface area contributed by atoms with Crippen molar-refractivity contribution in [3.63, 3.8) is 0 Å². The third-order valence-corrected chi connectivity index (χ3v) is 4.91. The van der Waals surface area contributed by atoms with E-state index in [1.807, 2.05) is 22.9 Å². The summed E-state index contributed by atoms with van der Waals surface area (Å²) in [5.74, 6) is -0.368. The van der Waals surface area contributed by atoms with Crippen molar-refractivity contribution in [3.8, 4) is 0 Å². The lowest BCUT2D eigenvalue weighted by molar-refractivity contribution is -0.181. The highest BCUT2D eigenvalue weighted by atomic mass is 16.7. The SMILES string of the molecule is CCC(C)Nc1cccn(C2CCC3(CC2)OCCO3)c1=O.[HH]. The minimum atomic E-state index is -0.368. The first-order valence-corrected chi connectivity index (χ1v) is 8.39. The van der Waals surface area contributed by atoms with E-state index in [1.165, 1.54) is 0 Å². The average molecular weight is 308 g/mol. The molecular formula is C17H28N2O3. The van der Waals surface area contributed by atoms with Gasteiger partial charge >= 0.3 is 0 Å². The molecule has 0 radical (unpaired) electrons. The summed E-state index contributed by atoms with van der Waals surface area (Å²) in [5, 5.41) is 3.31. The second-order valence-corrected chi connectivity index (χ2v) is 6.43. The molecular weight excluding hydrogens is 280 g/mol. The van der Waals surface area contributed by atoms with Crippen LogP contribution in [0.4, 0.5) is 5.69 Å². The maximum atomic E-state index is 12.7. The van der Waals surface area contributed by atoms with Gasteiger partial charge in [-0.25, -0.2) is 0 Å². The Hall–Kier alpha value is -1.33. The van der Waals surface area contributed by atoms with Gasteiger partial charge in [-0.15, -0.1) is 0 Å². The molecule has 22 heavy (non-hydrogen) atoms. The van der Waals surface area contributed by atoms with Gasteiger partial charge in [0.1, 0.15) is 5.69 Å².